The summed E-state index contributed by atoms with van der Waals surface area (Å²) in [6, 6.07) is 4.76. The zero-order valence-corrected chi connectivity index (χ0v) is 6.16. The molecule has 0 aromatic heterocycles. The molecule has 0 bridgehead atoms. The average Bonchev–Trinajstić information content (AvgIpc) is 2.05. The topological polar surface area (TPSA) is 67.5 Å². The number of hydrazine groups is 1. The minimum absolute atomic E-state index is 0.105. The lowest BCUT2D eigenvalue weighted by Gasteiger charge is -2.05. The van der Waals surface area contributed by atoms with E-state index in [0.29, 0.717) is 11.4 Å². The van der Waals surface area contributed by atoms with Crippen LogP contribution in [0.5, 0.6) is 11.5 Å². The molecule has 0 unspecified atom stereocenters. The van der Waals surface area contributed by atoms with Crippen LogP contribution in [0, 0.1) is 0 Å². The van der Waals surface area contributed by atoms with Gasteiger partial charge in [0, 0.05) is 6.07 Å². The van der Waals surface area contributed by atoms with Gasteiger partial charge >= 0.3 is 0 Å². The number of hydrogen-bond donors (Lipinski definition) is 3. The van der Waals surface area contributed by atoms with Gasteiger partial charge in [0.15, 0.2) is 0 Å². The minimum atomic E-state index is 0.105. The van der Waals surface area contributed by atoms with Gasteiger partial charge in [0.1, 0.15) is 11.5 Å². The van der Waals surface area contributed by atoms with Crippen LogP contribution in [0.4, 0.5) is 5.69 Å². The van der Waals surface area contributed by atoms with Gasteiger partial charge in [0.05, 0.1) is 12.8 Å². The van der Waals surface area contributed by atoms with Crippen molar-refractivity contribution in [1.29, 1.82) is 0 Å². The van der Waals surface area contributed by atoms with E-state index in [1.165, 1.54) is 6.07 Å². The highest BCUT2D eigenvalue weighted by molar-refractivity contribution is 5.58. The zero-order valence-electron chi connectivity index (χ0n) is 6.16. The lowest BCUT2D eigenvalue weighted by atomic mass is 10.3. The monoisotopic (exact) mass is 154 g/mol. The molecule has 0 saturated carbocycles. The van der Waals surface area contributed by atoms with Crippen molar-refractivity contribution in [2.75, 3.05) is 12.5 Å². The van der Waals surface area contributed by atoms with Gasteiger partial charge in [-0.3, -0.25) is 5.84 Å². The van der Waals surface area contributed by atoms with E-state index in [1.807, 2.05) is 0 Å². The maximum absolute atomic E-state index is 9.13. The number of aromatic hydroxyl groups is 1. The van der Waals surface area contributed by atoms with Gasteiger partial charge in [0.25, 0.3) is 0 Å². The normalized spacial score (nSPS) is 9.27. The number of hydrogen-bond acceptors (Lipinski definition) is 4. The second-order valence-electron chi connectivity index (χ2n) is 2.03. The molecule has 1 rings (SSSR count). The summed E-state index contributed by atoms with van der Waals surface area (Å²) in [6.45, 7) is 0. The lowest BCUT2D eigenvalue weighted by molar-refractivity contribution is 0.412. The Balaban J connectivity index is 3.02. The molecule has 0 heterocycles. The van der Waals surface area contributed by atoms with Crippen LogP contribution in [-0.4, -0.2) is 12.2 Å². The molecule has 4 N–H and O–H groups in total. The first-order valence-electron chi connectivity index (χ1n) is 3.11. The van der Waals surface area contributed by atoms with E-state index in [-0.39, 0.29) is 5.75 Å². The second-order valence-corrected chi connectivity index (χ2v) is 2.03. The van der Waals surface area contributed by atoms with E-state index in [0.717, 1.165) is 0 Å². The molecular formula is C7H10N2O2. The highest BCUT2D eigenvalue weighted by Crippen LogP contribution is 2.26. The average molecular weight is 154 g/mol. The number of nitrogens with one attached hydrogen (secondary N) is 1. The number of phenolic OH excluding ortho intramolecular Hbond substituents is 1. The number of nitrogens with two attached hydrogens (primary N) is 1. The molecule has 4 nitrogen and oxygen atoms in total. The fraction of sp³-hybridized carbons (Fsp3) is 0.143. The summed E-state index contributed by atoms with van der Waals surface area (Å²) in [7, 11) is 1.55. The number of methoxy groups -OCH3 is 1. The molecule has 0 spiro atoms. The van der Waals surface area contributed by atoms with Crippen LogP contribution in [-0.2, 0) is 0 Å². The fourth-order valence-corrected chi connectivity index (χ4v) is 0.758. The molecule has 0 aliphatic heterocycles. The summed E-state index contributed by atoms with van der Waals surface area (Å²) in [5.74, 6) is 5.86. The van der Waals surface area contributed by atoms with Crippen molar-refractivity contribution in [1.82, 2.24) is 0 Å². The molecule has 0 aliphatic carbocycles. The number of anilines is 1. The number of benzene rings is 1. The van der Waals surface area contributed by atoms with Crippen molar-refractivity contribution in [3.8, 4) is 11.5 Å². The van der Waals surface area contributed by atoms with Gasteiger partial charge in [-0.15, -0.1) is 0 Å². The lowest BCUT2D eigenvalue weighted by Crippen LogP contribution is -2.06. The van der Waals surface area contributed by atoms with Crippen molar-refractivity contribution >= 4 is 5.69 Å². The smallest absolute Gasteiger partial charge is 0.140 e. The first-order valence-corrected chi connectivity index (χ1v) is 3.11. The largest absolute Gasteiger partial charge is 0.506 e. The molecule has 1 aromatic rings. The first kappa shape index (κ1) is 7.68. The van der Waals surface area contributed by atoms with Crippen LogP contribution in [0.1, 0.15) is 0 Å². The number of ether oxygens (including phenoxy) is 1. The van der Waals surface area contributed by atoms with Crippen molar-refractivity contribution in [3.05, 3.63) is 18.2 Å². The Morgan fingerprint density at radius 2 is 2.27 bits per heavy atom. The molecule has 11 heavy (non-hydrogen) atoms. The molecule has 0 radical (unpaired) electrons. The van der Waals surface area contributed by atoms with Gasteiger partial charge in [-0.25, -0.2) is 0 Å². The van der Waals surface area contributed by atoms with E-state index in [9.17, 15) is 0 Å². The van der Waals surface area contributed by atoms with Gasteiger partial charge in [-0.05, 0) is 12.1 Å². The van der Waals surface area contributed by atoms with E-state index in [1.54, 1.807) is 19.2 Å². The molecule has 0 aliphatic rings. The Morgan fingerprint density at radius 1 is 1.55 bits per heavy atom. The number of rotatable bonds is 2. The third-order valence-corrected chi connectivity index (χ3v) is 1.36. The van der Waals surface area contributed by atoms with E-state index >= 15 is 0 Å². The van der Waals surface area contributed by atoms with Crippen LogP contribution in [0.2, 0.25) is 0 Å². The molecule has 60 valence electrons. The quantitative estimate of drug-likeness (QED) is 0.333. The predicted molar refractivity (Wildman–Crippen MR) is 42.5 cm³/mol. The van der Waals surface area contributed by atoms with Gasteiger partial charge in [-0.2, -0.15) is 0 Å². The van der Waals surface area contributed by atoms with Crippen molar-refractivity contribution in [2.24, 2.45) is 5.84 Å². The molecule has 0 fully saturated rings. The zero-order chi connectivity index (χ0) is 8.27. The second kappa shape index (κ2) is 3.12. The molecule has 4 heteroatoms. The van der Waals surface area contributed by atoms with Gasteiger partial charge in [-0.1, -0.05) is 0 Å². The van der Waals surface area contributed by atoms with E-state index in [2.05, 4.69) is 5.43 Å². The SMILES string of the molecule is COc1ccc(O)c(NN)c1. The standard InChI is InChI=1S/C7H10N2O2/c1-11-5-2-3-7(10)6(4-5)9-8/h2-4,9-10H,8H2,1H3. The fourth-order valence-electron chi connectivity index (χ4n) is 0.758. The molecule has 0 amide bonds. The van der Waals surface area contributed by atoms with Gasteiger partial charge < -0.3 is 15.3 Å². The Bertz CT molecular complexity index is 250. The first-order chi connectivity index (χ1) is 5.27. The maximum Gasteiger partial charge on any atom is 0.140 e. The highest BCUT2D eigenvalue weighted by Gasteiger charge is 1.99. The van der Waals surface area contributed by atoms with E-state index in [4.69, 9.17) is 15.7 Å². The van der Waals surface area contributed by atoms with E-state index < -0.39 is 0 Å². The van der Waals surface area contributed by atoms with Crippen molar-refractivity contribution < 1.29 is 9.84 Å². The Hall–Kier alpha value is -1.42. The van der Waals surface area contributed by atoms with Crippen LogP contribution < -0.4 is 16.0 Å². The molecule has 0 atom stereocenters. The maximum atomic E-state index is 9.13. The van der Waals surface area contributed by atoms with Crippen LogP contribution in [0.25, 0.3) is 0 Å². The van der Waals surface area contributed by atoms with Gasteiger partial charge in [0.2, 0.25) is 0 Å². The summed E-state index contributed by atoms with van der Waals surface area (Å²) in [6.07, 6.45) is 0. The Morgan fingerprint density at radius 3 is 2.82 bits per heavy atom. The summed E-state index contributed by atoms with van der Waals surface area (Å²) >= 11 is 0. The molecule has 1 aromatic carbocycles. The predicted octanol–water partition coefficient (Wildman–Crippen LogP) is 0.686. The van der Waals surface area contributed by atoms with Crippen LogP contribution in [0.3, 0.4) is 0 Å². The summed E-state index contributed by atoms with van der Waals surface area (Å²) < 4.78 is 4.90. The third-order valence-electron chi connectivity index (χ3n) is 1.36. The van der Waals surface area contributed by atoms with Crippen LogP contribution in [0.15, 0.2) is 18.2 Å². The highest BCUT2D eigenvalue weighted by atomic mass is 16.5. The Kier molecular flexibility index (Phi) is 2.18. The van der Waals surface area contributed by atoms with Crippen molar-refractivity contribution in [2.45, 2.75) is 0 Å². The number of nitrogen functional groups attached to an aromatic ring is 1. The summed E-state index contributed by atoms with van der Waals surface area (Å²) in [5.41, 5.74) is 2.79. The number of phenols is 1. The van der Waals surface area contributed by atoms with Crippen LogP contribution >= 0.6 is 0 Å². The summed E-state index contributed by atoms with van der Waals surface area (Å²) in [5, 5.41) is 9.13. The molecular weight excluding hydrogens is 144 g/mol. The molecule has 0 saturated heterocycles. The summed E-state index contributed by atoms with van der Waals surface area (Å²) in [4.78, 5) is 0. The Labute approximate surface area is 64.6 Å². The minimum Gasteiger partial charge on any atom is -0.506 e. The van der Waals surface area contributed by atoms with Crippen molar-refractivity contribution in [3.63, 3.8) is 0 Å². The third kappa shape index (κ3) is 1.53.